The third-order valence-corrected chi connectivity index (χ3v) is 6.16. The minimum absolute atomic E-state index is 0.0222. The van der Waals surface area contributed by atoms with Crippen molar-refractivity contribution in [3.05, 3.63) is 77.0 Å². The van der Waals surface area contributed by atoms with Crippen molar-refractivity contribution in [2.75, 3.05) is 37.8 Å². The van der Waals surface area contributed by atoms with Gasteiger partial charge in [-0.2, -0.15) is 13.2 Å². The Kier molecular flexibility index (Phi) is 8.14. The van der Waals surface area contributed by atoms with Gasteiger partial charge in [0.15, 0.2) is 5.78 Å². The van der Waals surface area contributed by atoms with Crippen LogP contribution in [0.15, 0.2) is 54.7 Å². The van der Waals surface area contributed by atoms with Gasteiger partial charge in [0.25, 0.3) is 0 Å². The first kappa shape index (κ1) is 26.2. The predicted octanol–water partition coefficient (Wildman–Crippen LogP) is 5.74. The molecule has 0 radical (unpaired) electrons. The lowest BCUT2D eigenvalue weighted by Gasteiger charge is -2.30. The molecule has 0 spiro atoms. The molecule has 0 aliphatic carbocycles. The highest BCUT2D eigenvalue weighted by atomic mass is 19.4. The highest BCUT2D eigenvalue weighted by molar-refractivity contribution is 5.97. The van der Waals surface area contributed by atoms with Crippen molar-refractivity contribution < 1.29 is 27.4 Å². The van der Waals surface area contributed by atoms with Crippen molar-refractivity contribution in [3.8, 4) is 29.4 Å². The van der Waals surface area contributed by atoms with Crippen LogP contribution in [-0.4, -0.2) is 43.7 Å². The average Bonchev–Trinajstić information content (AvgIpc) is 2.90. The largest absolute Gasteiger partial charge is 0.475 e. The summed E-state index contributed by atoms with van der Waals surface area (Å²) < 4.78 is 50.6. The summed E-state index contributed by atoms with van der Waals surface area (Å²) in [7, 11) is 0. The third kappa shape index (κ3) is 6.49. The molecule has 0 atom stereocenters. The number of alkyl halides is 3. The van der Waals surface area contributed by atoms with Gasteiger partial charge in [-0.05, 0) is 41.8 Å². The number of ketones is 1. The van der Waals surface area contributed by atoms with Crippen molar-refractivity contribution >= 4 is 11.5 Å². The zero-order chi connectivity index (χ0) is 26.4. The lowest BCUT2D eigenvalue weighted by atomic mass is 9.95. The molecule has 1 fully saturated rings. The first-order chi connectivity index (χ1) is 17.8. The number of rotatable bonds is 8. The molecule has 37 heavy (non-hydrogen) atoms. The maximum Gasteiger partial charge on any atom is 0.416 e. The summed E-state index contributed by atoms with van der Waals surface area (Å²) in [6.45, 7) is 4.90. The number of aryl methyl sites for hydroxylation is 1. The summed E-state index contributed by atoms with van der Waals surface area (Å²) in [4.78, 5) is 19.5. The van der Waals surface area contributed by atoms with E-state index in [-0.39, 0.29) is 17.8 Å². The number of hydrogen-bond donors (Lipinski definition) is 0. The van der Waals surface area contributed by atoms with E-state index in [2.05, 4.69) is 15.8 Å². The van der Waals surface area contributed by atoms with Crippen LogP contribution in [-0.2, 0) is 17.3 Å². The number of hydrogen-bond acceptors (Lipinski definition) is 5. The molecule has 4 rings (SSSR count). The van der Waals surface area contributed by atoms with Crippen LogP contribution in [0.3, 0.4) is 0 Å². The molecule has 1 aromatic heterocycles. The first-order valence-corrected chi connectivity index (χ1v) is 12.0. The second-order valence-corrected chi connectivity index (χ2v) is 8.78. The number of pyridine rings is 1. The number of carbonyl (C=O) groups is 1. The van der Waals surface area contributed by atoms with Gasteiger partial charge in [0.05, 0.1) is 18.8 Å². The standard InChI is InChI=1S/C29H27F3N2O3/c1-3-4-12-37-28-26(34-10-13-36-14-11-34)18-23(19-33-28)25-15-21(9-8-20(25)2)16-27(35)22-6-5-7-24(17-22)29(30,31)32/h1,5-9,15,17-19H,4,10-14,16H2,2H3. The molecule has 192 valence electrons. The third-order valence-electron chi connectivity index (χ3n) is 6.16. The Labute approximate surface area is 214 Å². The normalized spacial score (nSPS) is 13.8. The van der Waals surface area contributed by atoms with Crippen LogP contribution < -0.4 is 9.64 Å². The fraction of sp³-hybridized carbons (Fsp3) is 0.310. The number of aromatic nitrogens is 1. The number of ether oxygens (including phenoxy) is 2. The van der Waals surface area contributed by atoms with Crippen LogP contribution in [0.1, 0.15) is 33.5 Å². The lowest BCUT2D eigenvalue weighted by molar-refractivity contribution is -0.137. The fourth-order valence-electron chi connectivity index (χ4n) is 4.18. The Morgan fingerprint density at radius 2 is 1.95 bits per heavy atom. The zero-order valence-electron chi connectivity index (χ0n) is 20.5. The van der Waals surface area contributed by atoms with Gasteiger partial charge in [-0.3, -0.25) is 4.79 Å². The van der Waals surface area contributed by atoms with Gasteiger partial charge < -0.3 is 14.4 Å². The number of Topliss-reactive ketones (excluding diaryl/α,β-unsaturated/α-hetero) is 1. The Balaban J connectivity index is 1.62. The number of carbonyl (C=O) groups excluding carboxylic acids is 1. The Morgan fingerprint density at radius 1 is 1.16 bits per heavy atom. The molecule has 3 aromatic rings. The summed E-state index contributed by atoms with van der Waals surface area (Å²) in [5.41, 5.74) is 3.43. The molecule has 0 amide bonds. The van der Waals surface area contributed by atoms with E-state index in [1.807, 2.05) is 31.2 Å². The molecule has 8 heteroatoms. The van der Waals surface area contributed by atoms with E-state index in [1.54, 1.807) is 6.20 Å². The monoisotopic (exact) mass is 508 g/mol. The smallest absolute Gasteiger partial charge is 0.416 e. The van der Waals surface area contributed by atoms with Crippen molar-refractivity contribution in [1.82, 2.24) is 4.98 Å². The number of halogens is 3. The maximum absolute atomic E-state index is 13.1. The Morgan fingerprint density at radius 3 is 2.68 bits per heavy atom. The number of anilines is 1. The van der Waals surface area contributed by atoms with E-state index >= 15 is 0 Å². The SMILES string of the molecule is C#CCCOc1ncc(-c2cc(CC(=O)c3cccc(C(F)(F)F)c3)ccc2C)cc1N1CCOCC1. The molecule has 2 aromatic carbocycles. The molecule has 0 N–H and O–H groups in total. The van der Waals surface area contributed by atoms with Crippen LogP contribution in [0.4, 0.5) is 18.9 Å². The molecule has 2 heterocycles. The van der Waals surface area contributed by atoms with E-state index in [0.717, 1.165) is 34.5 Å². The number of terminal acetylenes is 1. The second-order valence-electron chi connectivity index (χ2n) is 8.78. The van der Waals surface area contributed by atoms with Gasteiger partial charge in [-0.1, -0.05) is 30.3 Å². The molecule has 1 aliphatic heterocycles. The highest BCUT2D eigenvalue weighted by Crippen LogP contribution is 2.34. The van der Waals surface area contributed by atoms with E-state index in [4.69, 9.17) is 15.9 Å². The van der Waals surface area contributed by atoms with E-state index in [0.29, 0.717) is 50.8 Å². The Hall–Kier alpha value is -3.83. The van der Waals surface area contributed by atoms with Gasteiger partial charge in [0.1, 0.15) is 12.3 Å². The van der Waals surface area contributed by atoms with Crippen molar-refractivity contribution in [1.29, 1.82) is 0 Å². The van der Waals surface area contributed by atoms with Crippen LogP contribution >= 0.6 is 0 Å². The summed E-state index contributed by atoms with van der Waals surface area (Å²) >= 11 is 0. The maximum atomic E-state index is 13.1. The highest BCUT2D eigenvalue weighted by Gasteiger charge is 2.31. The molecule has 5 nitrogen and oxygen atoms in total. The van der Waals surface area contributed by atoms with Gasteiger partial charge in [-0.15, -0.1) is 12.3 Å². The van der Waals surface area contributed by atoms with Crippen LogP contribution in [0.5, 0.6) is 5.88 Å². The minimum Gasteiger partial charge on any atom is -0.475 e. The Bertz CT molecular complexity index is 1310. The van der Waals surface area contributed by atoms with Gasteiger partial charge in [-0.25, -0.2) is 4.98 Å². The summed E-state index contributed by atoms with van der Waals surface area (Å²) in [6, 6.07) is 12.1. The molecule has 1 aliphatic rings. The second kappa shape index (κ2) is 11.5. The fourth-order valence-corrected chi connectivity index (χ4v) is 4.18. The van der Waals surface area contributed by atoms with Crippen molar-refractivity contribution in [2.45, 2.75) is 25.9 Å². The molecular formula is C29H27F3N2O3. The topological polar surface area (TPSA) is 51.7 Å². The molecule has 1 saturated heterocycles. The molecular weight excluding hydrogens is 481 g/mol. The quantitative estimate of drug-likeness (QED) is 0.221. The van der Waals surface area contributed by atoms with E-state index < -0.39 is 11.7 Å². The van der Waals surface area contributed by atoms with Crippen LogP contribution in [0.2, 0.25) is 0 Å². The van der Waals surface area contributed by atoms with Crippen LogP contribution in [0.25, 0.3) is 11.1 Å². The number of benzene rings is 2. The van der Waals surface area contributed by atoms with Crippen LogP contribution in [0, 0.1) is 19.3 Å². The number of nitrogens with zero attached hydrogens (tertiary/aromatic N) is 2. The average molecular weight is 509 g/mol. The van der Waals surface area contributed by atoms with E-state index in [9.17, 15) is 18.0 Å². The number of morpholine rings is 1. The summed E-state index contributed by atoms with van der Waals surface area (Å²) in [5, 5.41) is 0. The van der Waals surface area contributed by atoms with Crippen molar-refractivity contribution in [2.24, 2.45) is 0 Å². The molecule has 0 saturated carbocycles. The molecule has 0 unspecified atom stereocenters. The van der Waals surface area contributed by atoms with E-state index in [1.165, 1.54) is 12.1 Å². The summed E-state index contributed by atoms with van der Waals surface area (Å²) in [6.07, 6.45) is 3.01. The first-order valence-electron chi connectivity index (χ1n) is 12.0. The van der Waals surface area contributed by atoms with Gasteiger partial charge in [0.2, 0.25) is 5.88 Å². The summed E-state index contributed by atoms with van der Waals surface area (Å²) in [5.74, 6) is 2.67. The minimum atomic E-state index is -4.50. The predicted molar refractivity (Wildman–Crippen MR) is 136 cm³/mol. The van der Waals surface area contributed by atoms with Gasteiger partial charge >= 0.3 is 6.18 Å². The van der Waals surface area contributed by atoms with Crippen molar-refractivity contribution in [3.63, 3.8) is 0 Å². The molecule has 0 bridgehead atoms. The van der Waals surface area contributed by atoms with Gasteiger partial charge in [0, 0.05) is 43.3 Å². The zero-order valence-corrected chi connectivity index (χ0v) is 20.5. The lowest BCUT2D eigenvalue weighted by Crippen LogP contribution is -2.36.